The number of aliphatic imine (C=N–C) groups is 1. The van der Waals surface area contributed by atoms with Crippen LogP contribution >= 0.6 is 0 Å². The van der Waals surface area contributed by atoms with E-state index in [0.717, 1.165) is 6.42 Å². The normalized spacial score (nSPS) is 12.6. The zero-order valence-electron chi connectivity index (χ0n) is 9.30. The standard InChI is InChI=1S/C9H16F3N2.Y/c1-4-5-8(14-7(2)3)13-6-9(10,11)12;/h7H,4-6H2,1-3H3;/q-1;. The van der Waals surface area contributed by atoms with Gasteiger partial charge in [0.1, 0.15) is 0 Å². The van der Waals surface area contributed by atoms with Crippen LogP contribution in [0, 0.1) is 0 Å². The summed E-state index contributed by atoms with van der Waals surface area (Å²) in [6.45, 7) is 4.40. The molecular formula is C9H16F3N2Y-. The maximum atomic E-state index is 11.8. The van der Waals surface area contributed by atoms with Gasteiger partial charge in [-0.3, -0.25) is 0 Å². The van der Waals surface area contributed by atoms with Gasteiger partial charge in [-0.1, -0.05) is 33.0 Å². The summed E-state index contributed by atoms with van der Waals surface area (Å²) in [7, 11) is 0. The van der Waals surface area contributed by atoms with Crippen molar-refractivity contribution in [1.29, 1.82) is 0 Å². The van der Waals surface area contributed by atoms with Crippen molar-refractivity contribution >= 4 is 5.84 Å². The third-order valence-electron chi connectivity index (χ3n) is 1.32. The number of halogens is 3. The smallest absolute Gasteiger partial charge is 0.388 e. The van der Waals surface area contributed by atoms with E-state index in [1.165, 1.54) is 0 Å². The molecule has 0 saturated carbocycles. The Morgan fingerprint density at radius 3 is 2.20 bits per heavy atom. The van der Waals surface area contributed by atoms with Crippen molar-refractivity contribution in [3.63, 3.8) is 0 Å². The molecule has 2 nitrogen and oxygen atoms in total. The fourth-order valence-corrected chi connectivity index (χ4v) is 0.887. The molecule has 0 heterocycles. The molecule has 1 radical (unpaired) electrons. The number of amidine groups is 1. The third kappa shape index (κ3) is 12.3. The largest absolute Gasteiger partial charge is 0.466 e. The van der Waals surface area contributed by atoms with Crippen LogP contribution < -0.4 is 0 Å². The van der Waals surface area contributed by atoms with E-state index in [1.54, 1.807) is 0 Å². The Labute approximate surface area is 114 Å². The van der Waals surface area contributed by atoms with Gasteiger partial charge in [-0.05, 0) is 12.5 Å². The number of nitrogens with zero attached hydrogens (tertiary/aromatic N) is 2. The third-order valence-corrected chi connectivity index (χ3v) is 1.32. The predicted molar refractivity (Wildman–Crippen MR) is 51.8 cm³/mol. The van der Waals surface area contributed by atoms with Gasteiger partial charge in [-0.15, -0.1) is 0 Å². The van der Waals surface area contributed by atoms with Crippen molar-refractivity contribution in [2.45, 2.75) is 45.8 Å². The summed E-state index contributed by atoms with van der Waals surface area (Å²) in [6, 6.07) is -0.00599. The van der Waals surface area contributed by atoms with Crippen molar-refractivity contribution in [2.75, 3.05) is 6.54 Å². The summed E-state index contributed by atoms with van der Waals surface area (Å²) in [4.78, 5) is 4.02. The Hall–Kier alpha value is 0.364. The second kappa shape index (κ2) is 8.51. The Balaban J connectivity index is 0. The minimum absolute atomic E-state index is 0. The Bertz CT molecular complexity index is 190. The van der Waals surface area contributed by atoms with Crippen LogP contribution in [0.4, 0.5) is 13.2 Å². The molecule has 0 spiro atoms. The SMILES string of the molecule is CCCC(=NC(C)C)[N-]CC(F)(F)F.[Y]. The van der Waals surface area contributed by atoms with E-state index >= 15 is 0 Å². The molecule has 0 aliphatic heterocycles. The number of hydrogen-bond donors (Lipinski definition) is 0. The van der Waals surface area contributed by atoms with Gasteiger partial charge in [-0.2, -0.15) is 13.2 Å². The molecule has 0 aromatic carbocycles. The van der Waals surface area contributed by atoms with Gasteiger partial charge in [0.05, 0.1) is 0 Å². The van der Waals surface area contributed by atoms with Gasteiger partial charge in [0.25, 0.3) is 0 Å². The Morgan fingerprint density at radius 2 is 1.87 bits per heavy atom. The average molecular weight is 298 g/mol. The molecule has 0 bridgehead atoms. The number of alkyl halides is 3. The minimum Gasteiger partial charge on any atom is -0.466 e. The summed E-state index contributed by atoms with van der Waals surface area (Å²) in [5.74, 6) is 0.319. The second-order valence-corrected chi connectivity index (χ2v) is 3.32. The molecule has 0 aliphatic rings. The van der Waals surface area contributed by atoms with E-state index in [-0.39, 0.29) is 38.8 Å². The summed E-state index contributed by atoms with van der Waals surface area (Å²) >= 11 is 0. The maximum Gasteiger partial charge on any atom is 0.388 e. The maximum absolute atomic E-state index is 11.8. The van der Waals surface area contributed by atoms with Crippen molar-refractivity contribution in [1.82, 2.24) is 0 Å². The molecule has 0 atom stereocenters. The van der Waals surface area contributed by atoms with Crippen molar-refractivity contribution in [3.8, 4) is 0 Å². The Kier molecular flexibility index (Phi) is 10.1. The van der Waals surface area contributed by atoms with Gasteiger partial charge in [0.15, 0.2) is 0 Å². The molecule has 0 unspecified atom stereocenters. The van der Waals surface area contributed by atoms with E-state index in [0.29, 0.717) is 12.3 Å². The van der Waals surface area contributed by atoms with Crippen molar-refractivity contribution in [3.05, 3.63) is 5.32 Å². The van der Waals surface area contributed by atoms with Crippen LogP contribution in [0.3, 0.4) is 0 Å². The fourth-order valence-electron chi connectivity index (χ4n) is 0.887. The zero-order chi connectivity index (χ0) is 11.2. The summed E-state index contributed by atoms with van der Waals surface area (Å²) in [5, 5.41) is 3.45. The molecule has 15 heavy (non-hydrogen) atoms. The molecule has 0 aliphatic carbocycles. The van der Waals surface area contributed by atoms with E-state index in [2.05, 4.69) is 10.3 Å². The van der Waals surface area contributed by atoms with Crippen LogP contribution in [-0.4, -0.2) is 24.6 Å². The van der Waals surface area contributed by atoms with Crippen molar-refractivity contribution in [2.24, 2.45) is 4.99 Å². The predicted octanol–water partition coefficient (Wildman–Crippen LogP) is 3.53. The van der Waals surface area contributed by atoms with E-state index in [4.69, 9.17) is 0 Å². The van der Waals surface area contributed by atoms with E-state index in [1.807, 2.05) is 20.8 Å². The van der Waals surface area contributed by atoms with Crippen LogP contribution in [0.25, 0.3) is 5.32 Å². The molecule has 0 saturated heterocycles. The van der Waals surface area contributed by atoms with Gasteiger partial charge < -0.3 is 10.3 Å². The second-order valence-electron chi connectivity index (χ2n) is 3.32. The monoisotopic (exact) mass is 298 g/mol. The van der Waals surface area contributed by atoms with Gasteiger partial charge in [-0.25, -0.2) is 0 Å². The molecule has 0 amide bonds. The van der Waals surface area contributed by atoms with Gasteiger partial charge in [0, 0.05) is 39.3 Å². The summed E-state index contributed by atoms with van der Waals surface area (Å²) in [5.41, 5.74) is 0. The quantitative estimate of drug-likeness (QED) is 0.561. The first-order valence-electron chi connectivity index (χ1n) is 4.66. The van der Waals surface area contributed by atoms with Gasteiger partial charge >= 0.3 is 6.18 Å². The molecular weight excluding hydrogens is 282 g/mol. The molecule has 6 heteroatoms. The summed E-state index contributed by atoms with van der Waals surface area (Å²) < 4.78 is 35.5. The van der Waals surface area contributed by atoms with Crippen molar-refractivity contribution < 1.29 is 45.9 Å². The fraction of sp³-hybridized carbons (Fsp3) is 0.889. The Morgan fingerprint density at radius 1 is 1.33 bits per heavy atom. The van der Waals surface area contributed by atoms with Crippen LogP contribution in [0.15, 0.2) is 4.99 Å². The molecule has 87 valence electrons. The molecule has 0 N–H and O–H groups in total. The van der Waals surface area contributed by atoms with E-state index < -0.39 is 12.7 Å². The average Bonchev–Trinajstić information content (AvgIpc) is 1.98. The van der Waals surface area contributed by atoms with Crippen LogP contribution in [0.1, 0.15) is 33.6 Å². The minimum atomic E-state index is -4.23. The molecule has 0 rings (SSSR count). The number of hydrogen-bond acceptors (Lipinski definition) is 1. The van der Waals surface area contributed by atoms with E-state index in [9.17, 15) is 13.2 Å². The molecule has 0 aromatic rings. The molecule has 0 aromatic heterocycles. The van der Waals surface area contributed by atoms with Crippen LogP contribution in [0.5, 0.6) is 0 Å². The molecule has 0 fully saturated rings. The zero-order valence-corrected chi connectivity index (χ0v) is 12.1. The van der Waals surface area contributed by atoms with Crippen LogP contribution in [-0.2, 0) is 32.7 Å². The van der Waals surface area contributed by atoms with Gasteiger partial charge in [0.2, 0.25) is 0 Å². The first kappa shape index (κ1) is 17.7. The first-order valence-corrected chi connectivity index (χ1v) is 4.66. The van der Waals surface area contributed by atoms with Crippen LogP contribution in [0.2, 0.25) is 0 Å². The first-order chi connectivity index (χ1) is 6.35. The number of rotatable bonds is 4. The topological polar surface area (TPSA) is 26.5 Å². The summed E-state index contributed by atoms with van der Waals surface area (Å²) in [6.07, 6.45) is -2.97.